The van der Waals surface area contributed by atoms with Gasteiger partial charge in [0.2, 0.25) is 0 Å². The highest BCUT2D eigenvalue weighted by Gasteiger charge is 2.54. The molecule has 0 radical (unpaired) electrons. The van der Waals surface area contributed by atoms with Crippen LogP contribution in [0.3, 0.4) is 0 Å². The van der Waals surface area contributed by atoms with E-state index >= 15 is 0 Å². The Hall–Kier alpha value is -4.51. The number of Topliss-reactive ketones (excluding diaryl/α,β-unsaturated/α-hetero) is 1. The summed E-state index contributed by atoms with van der Waals surface area (Å²) in [5.41, 5.74) is 2.90. The van der Waals surface area contributed by atoms with Gasteiger partial charge in [-0.2, -0.15) is 0 Å². The van der Waals surface area contributed by atoms with Gasteiger partial charge in [-0.15, -0.1) is 6.58 Å². The van der Waals surface area contributed by atoms with Crippen molar-refractivity contribution in [3.63, 3.8) is 0 Å². The number of rotatable bonds is 18. The number of carbonyl (C=O) groups is 1. The molecule has 1 aliphatic heterocycles. The van der Waals surface area contributed by atoms with Gasteiger partial charge in [-0.3, -0.25) is 4.79 Å². The van der Waals surface area contributed by atoms with Crippen LogP contribution in [0.2, 0.25) is 5.04 Å². The Morgan fingerprint density at radius 1 is 0.600 bits per heavy atom. The largest absolute Gasteiger partial charge is 0.400 e. The Labute approximate surface area is 327 Å². The van der Waals surface area contributed by atoms with Crippen LogP contribution in [-0.2, 0) is 52.7 Å². The molecule has 0 spiro atoms. The average molecular weight is 757 g/mol. The third kappa shape index (κ3) is 10.0. The molecule has 0 amide bonds. The van der Waals surface area contributed by atoms with Crippen molar-refractivity contribution in [2.75, 3.05) is 13.2 Å². The lowest BCUT2D eigenvalue weighted by Crippen LogP contribution is -2.68. The number of carbonyl (C=O) groups excluding carboxylic acids is 1. The molecule has 0 saturated carbocycles. The molecule has 5 aromatic carbocycles. The van der Waals surface area contributed by atoms with Crippen molar-refractivity contribution in [2.24, 2.45) is 0 Å². The minimum Gasteiger partial charge on any atom is -0.400 e. The molecule has 286 valence electrons. The first-order valence-corrected chi connectivity index (χ1v) is 20.8. The Bertz CT molecular complexity index is 1850. The lowest BCUT2D eigenvalue weighted by Gasteiger charge is -2.46. The maximum atomic E-state index is 14.9. The normalized spacial score (nSPS) is 20.2. The zero-order valence-electron chi connectivity index (χ0n) is 32.0. The number of hydrogen-bond acceptors (Lipinski definition) is 7. The third-order valence-corrected chi connectivity index (χ3v) is 14.9. The second-order valence-electron chi connectivity index (χ2n) is 14.7. The van der Waals surface area contributed by atoms with Gasteiger partial charge in [0.05, 0.1) is 33.0 Å². The van der Waals surface area contributed by atoms with Crippen molar-refractivity contribution in [1.29, 1.82) is 0 Å². The molecular formula is C47H52O7Si. The summed E-state index contributed by atoms with van der Waals surface area (Å²) in [6, 6.07) is 50.3. The zero-order valence-corrected chi connectivity index (χ0v) is 33.0. The van der Waals surface area contributed by atoms with Crippen molar-refractivity contribution < 1.29 is 32.9 Å². The standard InChI is InChI=1S/C47H52O7Si/c1-5-31-49-46-45(52-34-38-25-15-8-16-26-38)44(51-33-37-23-13-7-14-24-37)43(50-32-36-21-11-6-12-22-36)42(54-46)41(48)35-53-55(47(2,3)4,39-27-17-9-18-28-39)40-29-19-10-20-30-40/h5-30,42-46H,1,31-35H2,2-4H3/t42-,43-,44+,45+,46-/m1/s1. The van der Waals surface area contributed by atoms with Gasteiger partial charge >= 0.3 is 0 Å². The topological polar surface area (TPSA) is 72.5 Å². The molecule has 8 heteroatoms. The first-order chi connectivity index (χ1) is 26.8. The van der Waals surface area contributed by atoms with Crippen LogP contribution in [0.25, 0.3) is 0 Å². The first-order valence-electron chi connectivity index (χ1n) is 18.9. The van der Waals surface area contributed by atoms with Gasteiger partial charge in [0.1, 0.15) is 18.3 Å². The molecule has 0 bridgehead atoms. The summed E-state index contributed by atoms with van der Waals surface area (Å²) in [6.45, 7) is 11.2. The van der Waals surface area contributed by atoms with E-state index in [4.69, 9.17) is 28.1 Å². The van der Waals surface area contributed by atoms with Crippen molar-refractivity contribution in [3.8, 4) is 0 Å². The number of ether oxygens (including phenoxy) is 5. The molecule has 0 unspecified atom stereocenters. The summed E-state index contributed by atoms with van der Waals surface area (Å²) >= 11 is 0. The van der Waals surface area contributed by atoms with Gasteiger partial charge in [0.15, 0.2) is 18.2 Å². The molecule has 5 atom stereocenters. The molecule has 0 aliphatic carbocycles. The fraction of sp³-hybridized carbons (Fsp3) is 0.298. The molecule has 5 aromatic rings. The van der Waals surface area contributed by atoms with Gasteiger partial charge in [-0.05, 0) is 32.1 Å². The highest BCUT2D eigenvalue weighted by Crippen LogP contribution is 2.37. The van der Waals surface area contributed by atoms with E-state index in [1.807, 2.05) is 127 Å². The van der Waals surface area contributed by atoms with E-state index in [-0.39, 0.29) is 43.9 Å². The fourth-order valence-corrected chi connectivity index (χ4v) is 11.8. The van der Waals surface area contributed by atoms with Crippen LogP contribution >= 0.6 is 0 Å². The zero-order chi connectivity index (χ0) is 38.5. The summed E-state index contributed by atoms with van der Waals surface area (Å²) in [5, 5.41) is 1.82. The number of ketones is 1. The van der Waals surface area contributed by atoms with E-state index in [0.29, 0.717) is 0 Å². The molecule has 1 saturated heterocycles. The highest BCUT2D eigenvalue weighted by atomic mass is 28.4. The predicted octanol–water partition coefficient (Wildman–Crippen LogP) is 7.82. The Balaban J connectivity index is 1.38. The van der Waals surface area contributed by atoms with Gasteiger partial charge in [-0.1, -0.05) is 179 Å². The van der Waals surface area contributed by atoms with Crippen molar-refractivity contribution >= 4 is 24.5 Å². The quantitative estimate of drug-likeness (QED) is 0.0668. The van der Waals surface area contributed by atoms with E-state index in [0.717, 1.165) is 27.1 Å². The van der Waals surface area contributed by atoms with Gasteiger partial charge in [0.25, 0.3) is 8.32 Å². The van der Waals surface area contributed by atoms with E-state index in [1.165, 1.54) is 0 Å². The van der Waals surface area contributed by atoms with Crippen molar-refractivity contribution in [1.82, 2.24) is 0 Å². The SMILES string of the molecule is C=CCO[C@@H]1O[C@H](C(=O)CO[Si](c2ccccc2)(c2ccccc2)C(C)(C)C)[C@@H](OCc2ccccc2)[C@H](OCc2ccccc2)[C@@H]1OCc1ccccc1. The van der Waals surface area contributed by atoms with Gasteiger partial charge in [-0.25, -0.2) is 0 Å². The number of benzene rings is 5. The second kappa shape index (κ2) is 19.4. The van der Waals surface area contributed by atoms with Crippen LogP contribution < -0.4 is 10.4 Å². The Kier molecular flexibility index (Phi) is 14.1. The van der Waals surface area contributed by atoms with E-state index in [2.05, 4.69) is 51.6 Å². The Morgan fingerprint density at radius 3 is 1.42 bits per heavy atom. The minimum atomic E-state index is -3.06. The Morgan fingerprint density at radius 2 is 1.00 bits per heavy atom. The third-order valence-electron chi connectivity index (χ3n) is 9.89. The first kappa shape index (κ1) is 40.2. The van der Waals surface area contributed by atoms with Crippen LogP contribution in [0, 0.1) is 0 Å². The average Bonchev–Trinajstić information content (AvgIpc) is 3.22. The maximum absolute atomic E-state index is 14.9. The summed E-state index contributed by atoms with van der Waals surface area (Å²) in [4.78, 5) is 14.9. The fourth-order valence-electron chi connectivity index (χ4n) is 7.24. The van der Waals surface area contributed by atoms with E-state index in [1.54, 1.807) is 6.08 Å². The molecule has 1 fully saturated rings. The van der Waals surface area contributed by atoms with Crippen LogP contribution in [0.4, 0.5) is 0 Å². The molecular weight excluding hydrogens is 705 g/mol. The maximum Gasteiger partial charge on any atom is 0.261 e. The van der Waals surface area contributed by atoms with Crippen LogP contribution in [0.1, 0.15) is 37.5 Å². The van der Waals surface area contributed by atoms with E-state index in [9.17, 15) is 4.79 Å². The van der Waals surface area contributed by atoms with Crippen LogP contribution in [0.5, 0.6) is 0 Å². The molecule has 0 N–H and O–H groups in total. The smallest absolute Gasteiger partial charge is 0.261 e. The number of hydrogen-bond donors (Lipinski definition) is 0. The molecule has 7 nitrogen and oxygen atoms in total. The predicted molar refractivity (Wildman–Crippen MR) is 218 cm³/mol. The highest BCUT2D eigenvalue weighted by molar-refractivity contribution is 6.99. The summed E-state index contributed by atoms with van der Waals surface area (Å²) in [5.74, 6) is -0.270. The molecule has 1 aliphatic rings. The molecule has 0 aromatic heterocycles. The van der Waals surface area contributed by atoms with Gasteiger partial charge in [0, 0.05) is 0 Å². The molecule has 1 heterocycles. The lowest BCUT2D eigenvalue weighted by atomic mass is 9.95. The van der Waals surface area contributed by atoms with Crippen LogP contribution in [0.15, 0.2) is 164 Å². The monoisotopic (exact) mass is 756 g/mol. The summed E-state index contributed by atoms with van der Waals surface area (Å²) in [7, 11) is -3.06. The van der Waals surface area contributed by atoms with Crippen molar-refractivity contribution in [3.05, 3.63) is 181 Å². The minimum absolute atomic E-state index is 0.177. The molecule has 6 rings (SSSR count). The summed E-state index contributed by atoms with van der Waals surface area (Å²) < 4.78 is 40.2. The summed E-state index contributed by atoms with van der Waals surface area (Å²) in [6.07, 6.45) is -2.82. The lowest BCUT2D eigenvalue weighted by molar-refractivity contribution is -0.314. The van der Waals surface area contributed by atoms with E-state index < -0.39 is 39.0 Å². The van der Waals surface area contributed by atoms with Crippen molar-refractivity contribution in [2.45, 2.75) is 76.3 Å². The second-order valence-corrected chi connectivity index (χ2v) is 19.1. The molecule has 55 heavy (non-hydrogen) atoms. The van der Waals surface area contributed by atoms with Gasteiger partial charge < -0.3 is 28.1 Å². The van der Waals surface area contributed by atoms with Crippen LogP contribution in [-0.4, -0.2) is 58.0 Å².